The van der Waals surface area contributed by atoms with Gasteiger partial charge in [0.05, 0.1) is 5.76 Å². The van der Waals surface area contributed by atoms with Gasteiger partial charge in [0, 0.05) is 0 Å². The number of hydrogen-bond donors (Lipinski definition) is 2. The maximum absolute atomic E-state index is 9.59. The quantitative estimate of drug-likeness (QED) is 0.500. The fraction of sp³-hybridized carbons (Fsp3) is 0.250. The molecule has 0 aliphatic rings. The molecule has 0 unspecified atom stereocenters. The van der Waals surface area contributed by atoms with E-state index in [2.05, 4.69) is 6.58 Å². The second-order valence-electron chi connectivity index (χ2n) is 1.14. The first-order valence-electron chi connectivity index (χ1n) is 1.71. The van der Waals surface area contributed by atoms with Gasteiger partial charge >= 0.3 is 5.97 Å². The van der Waals surface area contributed by atoms with Crippen LogP contribution in [0.15, 0.2) is 12.3 Å². The highest BCUT2D eigenvalue weighted by Crippen LogP contribution is 1.88. The van der Waals surface area contributed by atoms with E-state index in [1.165, 1.54) is 0 Å². The van der Waals surface area contributed by atoms with Crippen molar-refractivity contribution in [1.29, 1.82) is 0 Å². The molecule has 0 heterocycles. The lowest BCUT2D eigenvalue weighted by Crippen LogP contribution is -1.94. The van der Waals surface area contributed by atoms with E-state index in [1.807, 2.05) is 0 Å². The van der Waals surface area contributed by atoms with Crippen LogP contribution in [0.25, 0.3) is 0 Å². The molecule has 3 heteroatoms. The fourth-order valence-corrected chi connectivity index (χ4v) is 0.175. The molecule has 0 fully saturated rings. The predicted octanol–water partition coefficient (Wildman–Crippen LogP) is 0.533. The SMILES string of the molecule is C=C(O)CC(=O)O. The molecule has 2 N–H and O–H groups in total. The van der Waals surface area contributed by atoms with E-state index in [9.17, 15) is 4.79 Å². The number of carboxylic acids is 1. The summed E-state index contributed by atoms with van der Waals surface area (Å²) >= 11 is 0. The maximum Gasteiger partial charge on any atom is 0.310 e. The van der Waals surface area contributed by atoms with Gasteiger partial charge in [-0.3, -0.25) is 4.79 Å². The van der Waals surface area contributed by atoms with E-state index in [4.69, 9.17) is 10.2 Å². The molecule has 0 aromatic rings. The van der Waals surface area contributed by atoms with Gasteiger partial charge in [-0.15, -0.1) is 0 Å². The third-order valence-electron chi connectivity index (χ3n) is 0.355. The van der Waals surface area contributed by atoms with Crippen molar-refractivity contribution in [3.63, 3.8) is 0 Å². The molecule has 40 valence electrons. The first-order chi connectivity index (χ1) is 3.13. The average Bonchev–Trinajstić information content (AvgIpc) is 1.27. The lowest BCUT2D eigenvalue weighted by molar-refractivity contribution is -0.136. The number of carboxylic acid groups (broad SMARTS) is 1. The van der Waals surface area contributed by atoms with Crippen LogP contribution in [-0.4, -0.2) is 16.2 Å². The second-order valence-corrected chi connectivity index (χ2v) is 1.14. The molecule has 0 saturated carbocycles. The van der Waals surface area contributed by atoms with E-state index in [0.29, 0.717) is 0 Å². The summed E-state index contributed by atoms with van der Waals surface area (Å²) in [6, 6.07) is 0. The van der Waals surface area contributed by atoms with Gasteiger partial charge in [-0.25, -0.2) is 0 Å². The average molecular weight is 102 g/mol. The van der Waals surface area contributed by atoms with Crippen LogP contribution in [0.2, 0.25) is 0 Å². The van der Waals surface area contributed by atoms with E-state index < -0.39 is 5.97 Å². The van der Waals surface area contributed by atoms with Gasteiger partial charge in [-0.2, -0.15) is 0 Å². The highest BCUT2D eigenvalue weighted by Gasteiger charge is 1.95. The van der Waals surface area contributed by atoms with Gasteiger partial charge in [-0.1, -0.05) is 6.58 Å². The third-order valence-corrected chi connectivity index (χ3v) is 0.355. The molecule has 0 spiro atoms. The standard InChI is InChI=1S/C4H6O3/c1-3(5)2-4(6)7/h5H,1-2H2,(H,6,7). The molecular weight excluding hydrogens is 96.0 g/mol. The molecular formula is C4H6O3. The normalized spacial score (nSPS) is 8.00. The van der Waals surface area contributed by atoms with E-state index in [-0.39, 0.29) is 12.2 Å². The van der Waals surface area contributed by atoms with Gasteiger partial charge in [-0.05, 0) is 0 Å². The number of aliphatic hydroxyl groups excluding tert-OH is 1. The Hall–Kier alpha value is -0.990. The van der Waals surface area contributed by atoms with Crippen LogP contribution in [-0.2, 0) is 4.79 Å². The summed E-state index contributed by atoms with van der Waals surface area (Å²) in [4.78, 5) is 9.59. The van der Waals surface area contributed by atoms with E-state index in [1.54, 1.807) is 0 Å². The van der Waals surface area contributed by atoms with Crippen LogP contribution in [0, 0.1) is 0 Å². The monoisotopic (exact) mass is 102 g/mol. The molecule has 7 heavy (non-hydrogen) atoms. The zero-order chi connectivity index (χ0) is 5.86. The number of carbonyl (C=O) groups is 1. The zero-order valence-electron chi connectivity index (χ0n) is 3.72. The van der Waals surface area contributed by atoms with E-state index in [0.717, 1.165) is 0 Å². The first-order valence-corrected chi connectivity index (χ1v) is 1.71. The number of hydrogen-bond acceptors (Lipinski definition) is 2. The minimum Gasteiger partial charge on any atom is -0.512 e. The smallest absolute Gasteiger partial charge is 0.310 e. The molecule has 0 saturated heterocycles. The Bertz CT molecular complexity index is 83.1. The molecule has 0 aromatic carbocycles. The lowest BCUT2D eigenvalue weighted by Gasteiger charge is -1.86. The van der Waals surface area contributed by atoms with Crippen LogP contribution >= 0.6 is 0 Å². The molecule has 0 aliphatic carbocycles. The topological polar surface area (TPSA) is 57.5 Å². The number of aliphatic hydroxyl groups is 1. The Morgan fingerprint density at radius 3 is 2.00 bits per heavy atom. The molecule has 3 nitrogen and oxygen atoms in total. The Kier molecular flexibility index (Phi) is 1.91. The van der Waals surface area contributed by atoms with Crippen molar-refractivity contribution in [2.45, 2.75) is 6.42 Å². The van der Waals surface area contributed by atoms with Gasteiger partial charge in [0.1, 0.15) is 6.42 Å². The predicted molar refractivity (Wildman–Crippen MR) is 24.0 cm³/mol. The summed E-state index contributed by atoms with van der Waals surface area (Å²) in [5.41, 5.74) is 0. The van der Waals surface area contributed by atoms with Crippen molar-refractivity contribution in [2.24, 2.45) is 0 Å². The zero-order valence-corrected chi connectivity index (χ0v) is 3.72. The van der Waals surface area contributed by atoms with Crippen LogP contribution in [0.4, 0.5) is 0 Å². The van der Waals surface area contributed by atoms with Crippen molar-refractivity contribution in [3.05, 3.63) is 12.3 Å². The van der Waals surface area contributed by atoms with Gasteiger partial charge < -0.3 is 10.2 Å². The molecule has 0 aliphatic heterocycles. The molecule has 0 rings (SSSR count). The maximum atomic E-state index is 9.59. The van der Waals surface area contributed by atoms with Crippen molar-refractivity contribution in [2.75, 3.05) is 0 Å². The van der Waals surface area contributed by atoms with Gasteiger partial charge in [0.25, 0.3) is 0 Å². The largest absolute Gasteiger partial charge is 0.512 e. The number of aliphatic carboxylic acids is 1. The minimum atomic E-state index is -1.06. The molecule has 0 bridgehead atoms. The fourth-order valence-electron chi connectivity index (χ4n) is 0.175. The van der Waals surface area contributed by atoms with E-state index >= 15 is 0 Å². The van der Waals surface area contributed by atoms with Crippen molar-refractivity contribution >= 4 is 5.97 Å². The Labute approximate surface area is 40.9 Å². The first kappa shape index (κ1) is 6.01. The molecule has 0 amide bonds. The van der Waals surface area contributed by atoms with Crippen molar-refractivity contribution in [1.82, 2.24) is 0 Å². The Morgan fingerprint density at radius 1 is 1.57 bits per heavy atom. The third kappa shape index (κ3) is 5.01. The minimum absolute atomic E-state index is 0.312. The molecule has 0 aromatic heterocycles. The van der Waals surface area contributed by atoms with Crippen LogP contribution < -0.4 is 0 Å². The summed E-state index contributed by atoms with van der Waals surface area (Å²) in [7, 11) is 0. The Balaban J connectivity index is 3.32. The summed E-state index contributed by atoms with van der Waals surface area (Å²) in [6.07, 6.45) is -0.361. The van der Waals surface area contributed by atoms with Gasteiger partial charge in [0.2, 0.25) is 0 Å². The van der Waals surface area contributed by atoms with Gasteiger partial charge in [0.15, 0.2) is 0 Å². The van der Waals surface area contributed by atoms with Crippen LogP contribution in [0.1, 0.15) is 6.42 Å². The molecule has 0 radical (unpaired) electrons. The highest BCUT2D eigenvalue weighted by molar-refractivity contribution is 5.69. The number of rotatable bonds is 2. The summed E-state index contributed by atoms with van der Waals surface area (Å²) in [5.74, 6) is -1.37. The van der Waals surface area contributed by atoms with Crippen LogP contribution in [0.5, 0.6) is 0 Å². The summed E-state index contributed by atoms with van der Waals surface area (Å²) < 4.78 is 0. The Morgan fingerprint density at radius 2 is 2.00 bits per heavy atom. The highest BCUT2D eigenvalue weighted by atomic mass is 16.4. The summed E-state index contributed by atoms with van der Waals surface area (Å²) in [6.45, 7) is 2.97. The van der Waals surface area contributed by atoms with Crippen molar-refractivity contribution in [3.8, 4) is 0 Å². The van der Waals surface area contributed by atoms with Crippen molar-refractivity contribution < 1.29 is 15.0 Å². The van der Waals surface area contributed by atoms with Crippen LogP contribution in [0.3, 0.4) is 0 Å². The summed E-state index contributed by atoms with van der Waals surface area (Å²) in [5, 5.41) is 16.0. The molecule has 0 atom stereocenters. The lowest BCUT2D eigenvalue weighted by atomic mass is 10.4. The second kappa shape index (κ2) is 2.23.